The van der Waals surface area contributed by atoms with Crippen molar-refractivity contribution in [3.8, 4) is 33.9 Å². The number of phenols is 1. The molecule has 0 radical (unpaired) electrons. The third kappa shape index (κ3) is 2.31. The summed E-state index contributed by atoms with van der Waals surface area (Å²) in [5.74, 6) is 0.601. The van der Waals surface area contributed by atoms with Crippen LogP contribution in [0, 0.1) is 0 Å². The molecule has 0 atom stereocenters. The lowest BCUT2D eigenvalue weighted by Crippen LogP contribution is -1.86. The van der Waals surface area contributed by atoms with Crippen LogP contribution in [-0.2, 0) is 0 Å². The van der Waals surface area contributed by atoms with Gasteiger partial charge >= 0.3 is 0 Å². The van der Waals surface area contributed by atoms with E-state index in [0.717, 1.165) is 33.3 Å². The molecule has 0 unspecified atom stereocenters. The molecule has 3 heteroatoms. The maximum absolute atomic E-state index is 10.2. The fourth-order valence-electron chi connectivity index (χ4n) is 3.11. The zero-order valence-corrected chi connectivity index (χ0v) is 13.3. The number of hydrogen-bond donors (Lipinski definition) is 2. The van der Waals surface area contributed by atoms with Gasteiger partial charge in [0.2, 0.25) is 0 Å². The minimum Gasteiger partial charge on any atom is -0.504 e. The van der Waals surface area contributed by atoms with Crippen LogP contribution >= 0.6 is 0 Å². The Bertz CT molecular complexity index is 1000. The van der Waals surface area contributed by atoms with Gasteiger partial charge in [-0.2, -0.15) is 0 Å². The van der Waals surface area contributed by atoms with Crippen LogP contribution in [0.15, 0.2) is 72.8 Å². The largest absolute Gasteiger partial charge is 0.504 e. The molecule has 3 aromatic carbocycles. The predicted molar refractivity (Wildman–Crippen MR) is 97.4 cm³/mol. The molecule has 4 rings (SSSR count). The first kappa shape index (κ1) is 14.4. The van der Waals surface area contributed by atoms with E-state index in [4.69, 9.17) is 4.74 Å². The fourth-order valence-corrected chi connectivity index (χ4v) is 3.11. The second kappa shape index (κ2) is 5.78. The van der Waals surface area contributed by atoms with Gasteiger partial charge in [0.1, 0.15) is 0 Å². The van der Waals surface area contributed by atoms with E-state index >= 15 is 0 Å². The molecule has 0 fully saturated rings. The number of aromatic hydroxyl groups is 1. The Kier molecular flexibility index (Phi) is 3.47. The molecule has 24 heavy (non-hydrogen) atoms. The van der Waals surface area contributed by atoms with Gasteiger partial charge in [-0.15, -0.1) is 0 Å². The molecule has 0 saturated heterocycles. The molecule has 0 aliphatic heterocycles. The molecule has 4 aromatic rings. The summed E-state index contributed by atoms with van der Waals surface area (Å²) in [7, 11) is 1.55. The van der Waals surface area contributed by atoms with Crippen LogP contribution in [0.1, 0.15) is 0 Å². The van der Waals surface area contributed by atoms with Crippen molar-refractivity contribution in [3.05, 3.63) is 72.8 Å². The number of methoxy groups -OCH3 is 1. The average Bonchev–Trinajstić information content (AvgIpc) is 3.02. The number of phenolic OH excluding ortho intramolecular Hbond substituents is 1. The second-order valence-corrected chi connectivity index (χ2v) is 5.67. The van der Waals surface area contributed by atoms with E-state index in [-0.39, 0.29) is 5.75 Å². The summed E-state index contributed by atoms with van der Waals surface area (Å²) in [5, 5.41) is 11.3. The van der Waals surface area contributed by atoms with Crippen molar-refractivity contribution in [2.24, 2.45) is 0 Å². The lowest BCUT2D eigenvalue weighted by Gasteiger charge is -2.08. The van der Waals surface area contributed by atoms with Gasteiger partial charge in [-0.1, -0.05) is 48.5 Å². The van der Waals surface area contributed by atoms with Crippen LogP contribution < -0.4 is 4.74 Å². The van der Waals surface area contributed by atoms with Crippen LogP contribution in [0.3, 0.4) is 0 Å². The van der Waals surface area contributed by atoms with E-state index < -0.39 is 0 Å². The molecule has 2 N–H and O–H groups in total. The molecule has 0 aliphatic carbocycles. The van der Waals surface area contributed by atoms with Crippen LogP contribution in [0.5, 0.6) is 11.5 Å². The molecule has 0 aliphatic rings. The molecule has 118 valence electrons. The van der Waals surface area contributed by atoms with Crippen LogP contribution in [-0.4, -0.2) is 17.2 Å². The zero-order valence-electron chi connectivity index (χ0n) is 13.3. The number of para-hydroxylation sites is 1. The van der Waals surface area contributed by atoms with E-state index in [0.29, 0.717) is 5.75 Å². The molecular weight excluding hydrogens is 298 g/mol. The molecule has 3 nitrogen and oxygen atoms in total. The Morgan fingerprint density at radius 1 is 0.833 bits per heavy atom. The third-order valence-corrected chi connectivity index (χ3v) is 4.24. The highest BCUT2D eigenvalue weighted by Gasteiger charge is 2.15. The molecule has 0 saturated carbocycles. The van der Waals surface area contributed by atoms with E-state index in [1.54, 1.807) is 19.2 Å². The highest BCUT2D eigenvalue weighted by atomic mass is 16.5. The van der Waals surface area contributed by atoms with Gasteiger partial charge in [-0.05, 0) is 29.8 Å². The van der Waals surface area contributed by atoms with Crippen LogP contribution in [0.4, 0.5) is 0 Å². The van der Waals surface area contributed by atoms with Crippen LogP contribution in [0.2, 0.25) is 0 Å². The van der Waals surface area contributed by atoms with Crippen molar-refractivity contribution >= 4 is 10.9 Å². The summed E-state index contributed by atoms with van der Waals surface area (Å²) in [4.78, 5) is 3.49. The van der Waals surface area contributed by atoms with Crippen molar-refractivity contribution in [2.75, 3.05) is 7.11 Å². The first-order valence-electron chi connectivity index (χ1n) is 7.81. The number of benzene rings is 3. The number of rotatable bonds is 3. The Hall–Kier alpha value is -3.20. The lowest BCUT2D eigenvalue weighted by molar-refractivity contribution is 0.373. The standard InChI is InChI=1S/C21H17NO2/c1-24-19-12-11-15(13-18(19)23)21-20(14-7-3-2-4-8-14)16-9-5-6-10-17(16)22-21/h2-13,22-23H,1H3. The van der Waals surface area contributed by atoms with Gasteiger partial charge < -0.3 is 14.8 Å². The van der Waals surface area contributed by atoms with E-state index in [1.165, 1.54) is 0 Å². The van der Waals surface area contributed by atoms with Crippen molar-refractivity contribution in [1.29, 1.82) is 0 Å². The maximum atomic E-state index is 10.2. The van der Waals surface area contributed by atoms with E-state index in [2.05, 4.69) is 29.2 Å². The Labute approximate surface area is 140 Å². The van der Waals surface area contributed by atoms with Gasteiger partial charge in [-0.25, -0.2) is 0 Å². The molecular formula is C21H17NO2. The number of aromatic amines is 1. The summed E-state index contributed by atoms with van der Waals surface area (Å²) >= 11 is 0. The van der Waals surface area contributed by atoms with Gasteiger partial charge in [0.05, 0.1) is 12.8 Å². The molecule has 1 heterocycles. The fraction of sp³-hybridized carbons (Fsp3) is 0.0476. The smallest absolute Gasteiger partial charge is 0.160 e. The van der Waals surface area contributed by atoms with Crippen LogP contribution in [0.25, 0.3) is 33.3 Å². The lowest BCUT2D eigenvalue weighted by atomic mass is 9.98. The van der Waals surface area contributed by atoms with Crippen molar-refractivity contribution in [2.45, 2.75) is 0 Å². The monoisotopic (exact) mass is 315 g/mol. The first-order valence-corrected chi connectivity index (χ1v) is 7.81. The minimum absolute atomic E-state index is 0.132. The molecule has 0 amide bonds. The van der Waals surface area contributed by atoms with Gasteiger partial charge in [0, 0.05) is 22.0 Å². The molecule has 0 bridgehead atoms. The minimum atomic E-state index is 0.132. The number of hydrogen-bond acceptors (Lipinski definition) is 2. The van der Waals surface area contributed by atoms with Gasteiger partial charge in [0.25, 0.3) is 0 Å². The summed E-state index contributed by atoms with van der Waals surface area (Å²) in [6.45, 7) is 0. The number of aromatic nitrogens is 1. The summed E-state index contributed by atoms with van der Waals surface area (Å²) < 4.78 is 5.15. The maximum Gasteiger partial charge on any atom is 0.160 e. The number of ether oxygens (including phenoxy) is 1. The molecule has 1 aromatic heterocycles. The Morgan fingerprint density at radius 2 is 1.58 bits per heavy atom. The summed E-state index contributed by atoms with van der Waals surface area (Å²) in [6, 6.07) is 24.0. The normalized spacial score (nSPS) is 10.9. The summed E-state index contributed by atoms with van der Waals surface area (Å²) in [6.07, 6.45) is 0. The van der Waals surface area contributed by atoms with Gasteiger partial charge in [0.15, 0.2) is 11.5 Å². The Balaban J connectivity index is 2.00. The molecule has 0 spiro atoms. The average molecular weight is 315 g/mol. The SMILES string of the molecule is COc1ccc(-c2[nH]c3ccccc3c2-c2ccccc2)cc1O. The zero-order chi connectivity index (χ0) is 16.5. The number of fused-ring (bicyclic) bond motifs is 1. The summed E-state index contributed by atoms with van der Waals surface area (Å²) in [5.41, 5.74) is 5.25. The van der Waals surface area contributed by atoms with Crippen molar-refractivity contribution in [3.63, 3.8) is 0 Å². The van der Waals surface area contributed by atoms with Crippen molar-refractivity contribution in [1.82, 2.24) is 4.98 Å². The van der Waals surface area contributed by atoms with E-state index in [9.17, 15) is 5.11 Å². The number of H-pyrrole nitrogens is 1. The third-order valence-electron chi connectivity index (χ3n) is 4.24. The van der Waals surface area contributed by atoms with Crippen molar-refractivity contribution < 1.29 is 9.84 Å². The van der Waals surface area contributed by atoms with Gasteiger partial charge in [-0.3, -0.25) is 0 Å². The predicted octanol–water partition coefficient (Wildman–Crippen LogP) is 5.22. The van der Waals surface area contributed by atoms with E-state index in [1.807, 2.05) is 36.4 Å². The first-order chi connectivity index (χ1) is 11.8. The Morgan fingerprint density at radius 3 is 2.33 bits per heavy atom. The topological polar surface area (TPSA) is 45.2 Å². The highest BCUT2D eigenvalue weighted by Crippen LogP contribution is 2.40. The highest BCUT2D eigenvalue weighted by molar-refractivity contribution is 6.03. The number of nitrogens with one attached hydrogen (secondary N) is 1. The quantitative estimate of drug-likeness (QED) is 0.544. The second-order valence-electron chi connectivity index (χ2n) is 5.67.